The number of nitrogens with zero attached hydrogens (tertiary/aromatic N) is 3. The topological polar surface area (TPSA) is 79.1 Å². The third-order valence-electron chi connectivity index (χ3n) is 6.24. The largest absolute Gasteiger partial charge is 0.508 e. The van der Waals surface area contributed by atoms with Crippen LogP contribution in [0.5, 0.6) is 11.5 Å². The highest BCUT2D eigenvalue weighted by Crippen LogP contribution is 2.33. The molecular formula is C33H27N3O2. The van der Waals surface area contributed by atoms with Gasteiger partial charge in [0.25, 0.3) is 0 Å². The van der Waals surface area contributed by atoms with Crippen LogP contribution in [0.1, 0.15) is 19.4 Å². The number of aromatic hydroxyl groups is 2. The lowest BCUT2D eigenvalue weighted by Crippen LogP contribution is -2.00. The number of phenolic OH excluding ortho intramolecular Hbond substituents is 2. The summed E-state index contributed by atoms with van der Waals surface area (Å²) in [6.45, 7) is 4.01. The van der Waals surface area contributed by atoms with Crippen molar-refractivity contribution in [2.24, 2.45) is 0 Å². The molecule has 0 aliphatic heterocycles. The molecule has 5 heteroatoms. The van der Waals surface area contributed by atoms with Crippen LogP contribution in [0.4, 0.5) is 0 Å². The molecule has 1 heterocycles. The van der Waals surface area contributed by atoms with Gasteiger partial charge in [-0.1, -0.05) is 97.1 Å². The molecule has 5 nitrogen and oxygen atoms in total. The molecule has 1 aromatic heterocycles. The van der Waals surface area contributed by atoms with Crippen LogP contribution in [0.25, 0.3) is 50.9 Å². The summed E-state index contributed by atoms with van der Waals surface area (Å²) in [6, 6.07) is 30.7. The Morgan fingerprint density at radius 2 is 1.16 bits per heavy atom. The van der Waals surface area contributed by atoms with E-state index >= 15 is 0 Å². The van der Waals surface area contributed by atoms with Gasteiger partial charge in [-0.3, -0.25) is 0 Å². The van der Waals surface area contributed by atoms with E-state index in [1.807, 2.05) is 86.7 Å². The molecular weight excluding hydrogens is 470 g/mol. The van der Waals surface area contributed by atoms with E-state index in [-0.39, 0.29) is 11.5 Å². The van der Waals surface area contributed by atoms with E-state index in [1.165, 1.54) is 12.1 Å². The van der Waals surface area contributed by atoms with Crippen LogP contribution in [-0.2, 0) is 0 Å². The zero-order chi connectivity index (χ0) is 26.5. The zero-order valence-corrected chi connectivity index (χ0v) is 21.2. The molecule has 0 bridgehead atoms. The van der Waals surface area contributed by atoms with E-state index in [0.717, 1.165) is 33.4 Å². The van der Waals surface area contributed by atoms with Crippen molar-refractivity contribution in [1.82, 2.24) is 15.0 Å². The quantitative estimate of drug-likeness (QED) is 0.233. The fourth-order valence-corrected chi connectivity index (χ4v) is 4.26. The maximum Gasteiger partial charge on any atom is 0.167 e. The molecule has 0 aliphatic carbocycles. The Balaban J connectivity index is 1.60. The lowest BCUT2D eigenvalue weighted by molar-refractivity contribution is 0.451. The summed E-state index contributed by atoms with van der Waals surface area (Å²) in [5.74, 6) is 1.16. The number of benzene rings is 4. The van der Waals surface area contributed by atoms with Crippen molar-refractivity contribution in [3.05, 3.63) is 121 Å². The normalized spacial score (nSPS) is 11.7. The molecule has 2 N–H and O–H groups in total. The molecule has 5 aromatic rings. The predicted octanol–water partition coefficient (Wildman–Crippen LogP) is 7.93. The summed E-state index contributed by atoms with van der Waals surface area (Å²) in [5.41, 5.74) is 6.51. The number of allylic oxidation sites excluding steroid dienone is 4. The van der Waals surface area contributed by atoms with Crippen LogP contribution < -0.4 is 0 Å². The second kappa shape index (κ2) is 10.9. The van der Waals surface area contributed by atoms with E-state index in [2.05, 4.69) is 24.3 Å². The molecule has 5 rings (SSSR count). The smallest absolute Gasteiger partial charge is 0.167 e. The molecule has 38 heavy (non-hydrogen) atoms. The third-order valence-corrected chi connectivity index (χ3v) is 6.24. The SMILES string of the molecule is C/C=C\C(=C/C)c1ccc(-c2nc(-c3ccc(-c4ccccc4)cc3)nc(-c3ccc(O)cc3O)n2)cc1. The third kappa shape index (κ3) is 5.22. The fraction of sp³-hybridized carbons (Fsp3) is 0.0606. The highest BCUT2D eigenvalue weighted by molar-refractivity contribution is 5.76. The number of hydrogen-bond acceptors (Lipinski definition) is 5. The molecule has 4 aromatic carbocycles. The number of rotatable bonds is 6. The fourth-order valence-electron chi connectivity index (χ4n) is 4.26. The van der Waals surface area contributed by atoms with Gasteiger partial charge in [-0.15, -0.1) is 0 Å². The summed E-state index contributed by atoms with van der Waals surface area (Å²) >= 11 is 0. The molecule has 0 saturated carbocycles. The van der Waals surface area contributed by atoms with Gasteiger partial charge in [0.15, 0.2) is 17.5 Å². The van der Waals surface area contributed by atoms with Gasteiger partial charge in [0.1, 0.15) is 11.5 Å². The van der Waals surface area contributed by atoms with Crippen LogP contribution >= 0.6 is 0 Å². The Labute approximate surface area is 222 Å². The average molecular weight is 498 g/mol. The van der Waals surface area contributed by atoms with E-state index in [1.54, 1.807) is 6.07 Å². The molecule has 0 radical (unpaired) electrons. The van der Waals surface area contributed by atoms with Gasteiger partial charge in [-0.05, 0) is 48.2 Å². The lowest BCUT2D eigenvalue weighted by Gasteiger charge is -2.11. The Morgan fingerprint density at radius 3 is 1.74 bits per heavy atom. The first-order valence-corrected chi connectivity index (χ1v) is 12.4. The molecule has 0 aliphatic rings. The van der Waals surface area contributed by atoms with Crippen molar-refractivity contribution in [3.8, 4) is 56.8 Å². The minimum absolute atomic E-state index is 0.0336. The first-order valence-electron chi connectivity index (χ1n) is 12.4. The highest BCUT2D eigenvalue weighted by atomic mass is 16.3. The van der Waals surface area contributed by atoms with Gasteiger partial charge in [-0.2, -0.15) is 0 Å². The molecule has 0 fully saturated rings. The summed E-state index contributed by atoms with van der Waals surface area (Å²) in [7, 11) is 0. The van der Waals surface area contributed by atoms with Crippen LogP contribution in [0.3, 0.4) is 0 Å². The van der Waals surface area contributed by atoms with Crippen molar-refractivity contribution in [3.63, 3.8) is 0 Å². The van der Waals surface area contributed by atoms with E-state index in [9.17, 15) is 10.2 Å². The summed E-state index contributed by atoms with van der Waals surface area (Å²) < 4.78 is 0. The van der Waals surface area contributed by atoms with Crippen molar-refractivity contribution < 1.29 is 10.2 Å². The first-order chi connectivity index (χ1) is 18.6. The summed E-state index contributed by atoms with van der Waals surface area (Å²) in [6.07, 6.45) is 6.16. The summed E-state index contributed by atoms with van der Waals surface area (Å²) in [4.78, 5) is 14.2. The summed E-state index contributed by atoms with van der Waals surface area (Å²) in [5, 5.41) is 20.3. The van der Waals surface area contributed by atoms with Crippen molar-refractivity contribution in [2.45, 2.75) is 13.8 Å². The van der Waals surface area contributed by atoms with Crippen LogP contribution in [0, 0.1) is 0 Å². The van der Waals surface area contributed by atoms with Crippen molar-refractivity contribution in [2.75, 3.05) is 0 Å². The van der Waals surface area contributed by atoms with E-state index in [0.29, 0.717) is 23.0 Å². The molecule has 0 unspecified atom stereocenters. The first kappa shape index (κ1) is 24.7. The van der Waals surface area contributed by atoms with Gasteiger partial charge in [0, 0.05) is 17.2 Å². The highest BCUT2D eigenvalue weighted by Gasteiger charge is 2.15. The maximum atomic E-state index is 10.5. The van der Waals surface area contributed by atoms with Gasteiger partial charge in [0.2, 0.25) is 0 Å². The van der Waals surface area contributed by atoms with Crippen LogP contribution in [0.15, 0.2) is 115 Å². The second-order valence-electron chi connectivity index (χ2n) is 8.77. The van der Waals surface area contributed by atoms with Gasteiger partial charge < -0.3 is 10.2 Å². The number of phenols is 2. The van der Waals surface area contributed by atoms with Gasteiger partial charge in [-0.25, -0.2) is 15.0 Å². The lowest BCUT2D eigenvalue weighted by atomic mass is 10.0. The molecule has 0 saturated heterocycles. The van der Waals surface area contributed by atoms with Gasteiger partial charge in [0.05, 0.1) is 5.56 Å². The Hall–Kier alpha value is -5.03. The minimum Gasteiger partial charge on any atom is -0.508 e. The van der Waals surface area contributed by atoms with Crippen molar-refractivity contribution in [1.29, 1.82) is 0 Å². The minimum atomic E-state index is -0.105. The maximum absolute atomic E-state index is 10.5. The average Bonchev–Trinajstić information content (AvgIpc) is 2.96. The van der Waals surface area contributed by atoms with Crippen molar-refractivity contribution >= 4 is 5.57 Å². The predicted molar refractivity (Wildman–Crippen MR) is 153 cm³/mol. The van der Waals surface area contributed by atoms with Gasteiger partial charge >= 0.3 is 0 Å². The Morgan fingerprint density at radius 1 is 0.605 bits per heavy atom. The standard InChI is InChI=1S/C33H27N3O2/c1-3-8-22(4-2)24-11-15-26(16-12-24)31-34-32(36-33(35-31)29-20-19-28(37)21-30(29)38)27-17-13-25(14-18-27)23-9-6-5-7-10-23/h3-21,37-38H,1-2H3/b8-3-,22-4+. The number of hydrogen-bond donors (Lipinski definition) is 2. The van der Waals surface area contributed by atoms with Crippen LogP contribution in [-0.4, -0.2) is 25.2 Å². The molecule has 0 atom stereocenters. The number of aromatic nitrogens is 3. The molecule has 0 amide bonds. The Kier molecular flexibility index (Phi) is 7.09. The zero-order valence-electron chi connectivity index (χ0n) is 21.2. The van der Waals surface area contributed by atoms with E-state index < -0.39 is 0 Å². The second-order valence-corrected chi connectivity index (χ2v) is 8.77. The monoisotopic (exact) mass is 497 g/mol. The van der Waals surface area contributed by atoms with Crippen LogP contribution in [0.2, 0.25) is 0 Å². The molecule has 0 spiro atoms. The van der Waals surface area contributed by atoms with E-state index in [4.69, 9.17) is 15.0 Å². The Bertz CT molecular complexity index is 1620. The molecule has 186 valence electrons.